The van der Waals surface area contributed by atoms with Crippen LogP contribution in [0.25, 0.3) is 0 Å². The second kappa shape index (κ2) is 10.2. The molecule has 0 aromatic rings. The second-order valence-corrected chi connectivity index (χ2v) is 5.16. The quantitative estimate of drug-likeness (QED) is 0.588. The maximum Gasteiger partial charge on any atom is 0.217 e. The third-order valence-electron chi connectivity index (χ3n) is 3.33. The van der Waals surface area contributed by atoms with E-state index in [1.165, 1.54) is 13.8 Å². The molecule has 0 spiro atoms. The van der Waals surface area contributed by atoms with Gasteiger partial charge in [-0.25, -0.2) is 0 Å². The fourth-order valence-corrected chi connectivity index (χ4v) is 2.12. The molecule has 2 N–H and O–H groups in total. The maximum atomic E-state index is 11.9. The Morgan fingerprint density at radius 1 is 1.05 bits per heavy atom. The van der Waals surface area contributed by atoms with Crippen LogP contribution in [0.2, 0.25) is 0 Å². The SMILES string of the molecule is CCC(=O)C(CC(=O)CCCC(NC)C(C)=O)NC(C)=O. The van der Waals surface area contributed by atoms with Crippen molar-refractivity contribution in [1.82, 2.24) is 10.6 Å². The molecule has 0 rings (SSSR count). The lowest BCUT2D eigenvalue weighted by molar-refractivity contribution is -0.129. The van der Waals surface area contributed by atoms with Gasteiger partial charge in [0.15, 0.2) is 5.78 Å². The number of carbonyl (C=O) groups excluding carboxylic acids is 4. The number of hydrogen-bond acceptors (Lipinski definition) is 5. The Morgan fingerprint density at radius 3 is 2.10 bits per heavy atom. The molecule has 120 valence electrons. The molecule has 0 aliphatic rings. The first-order valence-electron chi connectivity index (χ1n) is 7.31. The van der Waals surface area contributed by atoms with E-state index in [0.717, 1.165) is 0 Å². The van der Waals surface area contributed by atoms with Gasteiger partial charge in [0.2, 0.25) is 5.91 Å². The lowest BCUT2D eigenvalue weighted by atomic mass is 9.99. The van der Waals surface area contributed by atoms with Crippen LogP contribution in [0.5, 0.6) is 0 Å². The number of rotatable bonds is 11. The summed E-state index contributed by atoms with van der Waals surface area (Å²) < 4.78 is 0. The molecule has 21 heavy (non-hydrogen) atoms. The standard InChI is InChI=1S/C15H26N2O4/c1-5-15(21)14(17-11(3)19)9-12(20)7-6-8-13(16-4)10(2)18/h13-14,16H,5-9H2,1-4H3,(H,17,19). The van der Waals surface area contributed by atoms with Gasteiger partial charge in [0.25, 0.3) is 0 Å². The van der Waals surface area contributed by atoms with Crippen molar-refractivity contribution < 1.29 is 19.2 Å². The van der Waals surface area contributed by atoms with Crippen molar-refractivity contribution in [1.29, 1.82) is 0 Å². The Balaban J connectivity index is 4.28. The van der Waals surface area contributed by atoms with Gasteiger partial charge in [0.05, 0.1) is 12.1 Å². The zero-order chi connectivity index (χ0) is 16.4. The number of likely N-dealkylation sites (N-methyl/N-ethyl adjacent to an activating group) is 1. The number of ketones is 3. The highest BCUT2D eigenvalue weighted by atomic mass is 16.2. The van der Waals surface area contributed by atoms with Crippen molar-refractivity contribution >= 4 is 23.3 Å². The Labute approximate surface area is 126 Å². The summed E-state index contributed by atoms with van der Waals surface area (Å²) in [5, 5.41) is 5.41. The molecular formula is C15H26N2O4. The van der Waals surface area contributed by atoms with Gasteiger partial charge in [-0.2, -0.15) is 0 Å². The van der Waals surface area contributed by atoms with Crippen LogP contribution in [0, 0.1) is 0 Å². The van der Waals surface area contributed by atoms with Gasteiger partial charge in [-0.3, -0.25) is 19.2 Å². The molecule has 0 aromatic heterocycles. The summed E-state index contributed by atoms with van der Waals surface area (Å²) in [6, 6.07) is -0.964. The lowest BCUT2D eigenvalue weighted by Crippen LogP contribution is -2.41. The molecular weight excluding hydrogens is 272 g/mol. The number of nitrogens with one attached hydrogen (secondary N) is 2. The summed E-state index contributed by atoms with van der Waals surface area (Å²) in [5.74, 6) is -0.493. The van der Waals surface area contributed by atoms with E-state index in [2.05, 4.69) is 10.6 Å². The minimum absolute atomic E-state index is 0.0244. The largest absolute Gasteiger partial charge is 0.346 e. The highest BCUT2D eigenvalue weighted by Crippen LogP contribution is 2.07. The van der Waals surface area contributed by atoms with E-state index in [9.17, 15) is 19.2 Å². The van der Waals surface area contributed by atoms with E-state index >= 15 is 0 Å². The van der Waals surface area contributed by atoms with Crippen LogP contribution in [-0.2, 0) is 19.2 Å². The Bertz CT molecular complexity index is 393. The fraction of sp³-hybridized carbons (Fsp3) is 0.733. The molecule has 0 saturated heterocycles. The van der Waals surface area contributed by atoms with Gasteiger partial charge in [0, 0.05) is 26.2 Å². The average molecular weight is 298 g/mol. The van der Waals surface area contributed by atoms with Gasteiger partial charge in [0.1, 0.15) is 11.6 Å². The monoisotopic (exact) mass is 298 g/mol. The molecule has 0 bridgehead atoms. The highest BCUT2D eigenvalue weighted by Gasteiger charge is 2.21. The van der Waals surface area contributed by atoms with Gasteiger partial charge in [-0.1, -0.05) is 6.92 Å². The predicted molar refractivity (Wildman–Crippen MR) is 79.9 cm³/mol. The molecule has 0 saturated carbocycles. The smallest absolute Gasteiger partial charge is 0.217 e. The van der Waals surface area contributed by atoms with Crippen LogP contribution >= 0.6 is 0 Å². The van der Waals surface area contributed by atoms with Crippen molar-refractivity contribution in [3.63, 3.8) is 0 Å². The molecule has 0 heterocycles. The van der Waals surface area contributed by atoms with Gasteiger partial charge < -0.3 is 10.6 Å². The van der Waals surface area contributed by atoms with Crippen molar-refractivity contribution in [2.45, 2.75) is 65.0 Å². The molecule has 0 fully saturated rings. The molecule has 1 amide bonds. The second-order valence-electron chi connectivity index (χ2n) is 5.16. The normalized spacial score (nSPS) is 13.3. The average Bonchev–Trinajstić information content (AvgIpc) is 2.41. The van der Waals surface area contributed by atoms with Gasteiger partial charge in [-0.15, -0.1) is 0 Å². The minimum Gasteiger partial charge on any atom is -0.346 e. The van der Waals surface area contributed by atoms with Crippen molar-refractivity contribution in [3.8, 4) is 0 Å². The minimum atomic E-state index is -0.729. The summed E-state index contributed by atoms with van der Waals surface area (Å²) in [6.45, 7) is 4.53. The van der Waals surface area contributed by atoms with E-state index in [1.54, 1.807) is 14.0 Å². The van der Waals surface area contributed by atoms with Crippen LogP contribution in [0.3, 0.4) is 0 Å². The summed E-state index contributed by atoms with van der Waals surface area (Å²) in [4.78, 5) is 45.9. The first-order chi connectivity index (χ1) is 9.81. The third kappa shape index (κ3) is 8.34. The maximum absolute atomic E-state index is 11.9. The highest BCUT2D eigenvalue weighted by molar-refractivity contribution is 5.93. The van der Waals surface area contributed by atoms with Crippen LogP contribution in [0.15, 0.2) is 0 Å². The number of Topliss-reactive ketones (excluding diaryl/α,β-unsaturated/α-hetero) is 3. The molecule has 0 aliphatic heterocycles. The zero-order valence-corrected chi connectivity index (χ0v) is 13.3. The van der Waals surface area contributed by atoms with Crippen molar-refractivity contribution in [2.24, 2.45) is 0 Å². The predicted octanol–water partition coefficient (Wildman–Crippen LogP) is 0.777. The molecule has 6 heteroatoms. The summed E-state index contributed by atoms with van der Waals surface area (Å²) in [5.41, 5.74) is 0. The Kier molecular flexibility index (Phi) is 9.45. The lowest BCUT2D eigenvalue weighted by Gasteiger charge is -2.16. The van der Waals surface area contributed by atoms with E-state index in [0.29, 0.717) is 19.3 Å². The van der Waals surface area contributed by atoms with Crippen LogP contribution in [0.4, 0.5) is 0 Å². The van der Waals surface area contributed by atoms with E-state index in [-0.39, 0.29) is 42.1 Å². The van der Waals surface area contributed by atoms with Crippen LogP contribution in [0.1, 0.15) is 52.9 Å². The molecule has 6 nitrogen and oxygen atoms in total. The summed E-state index contributed by atoms with van der Waals surface area (Å²) in [6.07, 6.45) is 1.78. The number of amides is 1. The molecule has 0 aliphatic carbocycles. The van der Waals surface area contributed by atoms with E-state index < -0.39 is 6.04 Å². The van der Waals surface area contributed by atoms with Crippen molar-refractivity contribution in [3.05, 3.63) is 0 Å². The summed E-state index contributed by atoms with van der Waals surface area (Å²) in [7, 11) is 1.71. The first kappa shape index (κ1) is 19.4. The van der Waals surface area contributed by atoms with Gasteiger partial charge in [-0.05, 0) is 26.8 Å². The van der Waals surface area contributed by atoms with Crippen LogP contribution < -0.4 is 10.6 Å². The number of carbonyl (C=O) groups is 4. The van der Waals surface area contributed by atoms with Crippen LogP contribution in [-0.4, -0.2) is 42.4 Å². The molecule has 0 aromatic carbocycles. The summed E-state index contributed by atoms with van der Waals surface area (Å²) >= 11 is 0. The number of hydrogen-bond donors (Lipinski definition) is 2. The molecule has 0 radical (unpaired) electrons. The van der Waals surface area contributed by atoms with E-state index in [4.69, 9.17) is 0 Å². The first-order valence-corrected chi connectivity index (χ1v) is 7.31. The van der Waals surface area contributed by atoms with Crippen molar-refractivity contribution in [2.75, 3.05) is 7.05 Å². The third-order valence-corrected chi connectivity index (χ3v) is 3.33. The fourth-order valence-electron chi connectivity index (χ4n) is 2.12. The van der Waals surface area contributed by atoms with E-state index in [1.807, 2.05) is 0 Å². The van der Waals surface area contributed by atoms with Gasteiger partial charge >= 0.3 is 0 Å². The zero-order valence-electron chi connectivity index (χ0n) is 13.3. The Hall–Kier alpha value is -1.56. The molecule has 2 atom stereocenters. The molecule has 2 unspecified atom stereocenters. The Morgan fingerprint density at radius 2 is 1.67 bits per heavy atom. The topological polar surface area (TPSA) is 92.3 Å².